The lowest BCUT2D eigenvalue weighted by atomic mass is 9.81. The van der Waals surface area contributed by atoms with Crippen LogP contribution in [-0.2, 0) is 42.9 Å². The highest BCUT2D eigenvalue weighted by atomic mass is 16.7. The number of methoxy groups -OCH3 is 3. The van der Waals surface area contributed by atoms with Crippen LogP contribution in [0.5, 0.6) is 0 Å². The molecule has 4 aliphatic rings. The van der Waals surface area contributed by atoms with E-state index in [9.17, 15) is 34.5 Å². The van der Waals surface area contributed by atoms with Gasteiger partial charge in [-0.1, -0.05) is 44.6 Å². The summed E-state index contributed by atoms with van der Waals surface area (Å²) in [6.45, 7) is 13.1. The van der Waals surface area contributed by atoms with Gasteiger partial charge in [0.2, 0.25) is 5.79 Å². The number of hydrogen-bond donors (Lipinski definition) is 3. The zero-order chi connectivity index (χ0) is 42.2. The molecule has 0 radical (unpaired) electrons. The van der Waals surface area contributed by atoms with Gasteiger partial charge >= 0.3 is 5.97 Å². The number of Topliss-reactive ketones (excluding diaryl/α,β-unsaturated/α-hetero) is 2. The number of ketones is 2. The number of fused-ring (bicyclic) bond motifs is 3. The molecule has 4 rings (SSSR count). The fraction of sp³-hybridized carbons (Fsp3) is 0.773. The van der Waals surface area contributed by atoms with Gasteiger partial charge in [0, 0.05) is 52.0 Å². The number of hydrogen-bond acceptors (Lipinski definition) is 12. The minimum absolute atomic E-state index is 0.00988. The number of esters is 1. The van der Waals surface area contributed by atoms with Crippen molar-refractivity contribution in [1.82, 2.24) is 4.90 Å². The van der Waals surface area contributed by atoms with E-state index in [1.807, 2.05) is 32.9 Å². The van der Waals surface area contributed by atoms with Crippen molar-refractivity contribution in [2.24, 2.45) is 29.6 Å². The molecule has 3 heterocycles. The number of aliphatic hydroxyl groups excluding tert-OH is 2. The second-order valence-electron chi connectivity index (χ2n) is 17.3. The van der Waals surface area contributed by atoms with Gasteiger partial charge in [0.05, 0.1) is 30.5 Å². The Bertz CT molecular complexity index is 1480. The topological polar surface area (TPSA) is 178 Å². The van der Waals surface area contributed by atoms with Crippen LogP contribution in [0.4, 0.5) is 0 Å². The van der Waals surface area contributed by atoms with E-state index >= 15 is 0 Å². The Labute approximate surface area is 339 Å². The lowest BCUT2D eigenvalue weighted by molar-refractivity contribution is -0.302. The highest BCUT2D eigenvalue weighted by Crippen LogP contribution is 2.39. The molecule has 1 saturated carbocycles. The van der Waals surface area contributed by atoms with Gasteiger partial charge in [-0.25, -0.2) is 4.79 Å². The Kier molecular flexibility index (Phi) is 17.2. The normalized spacial score (nSPS) is 41.0. The Balaban J connectivity index is 1.78. The quantitative estimate of drug-likeness (QED) is 0.185. The molecule has 0 unspecified atom stereocenters. The summed E-state index contributed by atoms with van der Waals surface area (Å²) in [6, 6.07) is -1.14. The first-order valence-electron chi connectivity index (χ1n) is 20.9. The summed E-state index contributed by atoms with van der Waals surface area (Å²) in [5.41, 5.74) is 1.61. The summed E-state index contributed by atoms with van der Waals surface area (Å²) in [7, 11) is 4.61. The van der Waals surface area contributed by atoms with Crippen molar-refractivity contribution >= 4 is 23.4 Å². The second kappa shape index (κ2) is 21.0. The van der Waals surface area contributed by atoms with Gasteiger partial charge in [0.15, 0.2) is 0 Å². The smallest absolute Gasteiger partial charge is 0.329 e. The van der Waals surface area contributed by atoms with Crippen molar-refractivity contribution in [3.63, 3.8) is 0 Å². The van der Waals surface area contributed by atoms with Crippen LogP contribution < -0.4 is 0 Å². The minimum atomic E-state index is -2.51. The second-order valence-corrected chi connectivity index (χ2v) is 17.3. The lowest BCUT2D eigenvalue weighted by Gasteiger charge is -2.47. The van der Waals surface area contributed by atoms with E-state index in [-0.39, 0.29) is 49.5 Å². The number of carbonyl (C=O) groups excluding carboxylic acids is 4. The summed E-state index contributed by atoms with van der Waals surface area (Å²) >= 11 is 0. The van der Waals surface area contributed by atoms with E-state index in [4.69, 9.17) is 23.7 Å². The highest BCUT2D eigenvalue weighted by molar-refractivity contribution is 6.39. The number of allylic oxidation sites excluding steroid dienone is 4. The van der Waals surface area contributed by atoms with Crippen LogP contribution in [0.2, 0.25) is 0 Å². The Morgan fingerprint density at radius 2 is 1.60 bits per heavy atom. The summed E-state index contributed by atoms with van der Waals surface area (Å²) in [5, 5.41) is 34.1. The van der Waals surface area contributed by atoms with Crippen LogP contribution in [0, 0.1) is 29.6 Å². The molecule has 0 aromatic rings. The summed E-state index contributed by atoms with van der Waals surface area (Å²) < 4.78 is 29.7. The molecule has 2 bridgehead atoms. The number of carbonyl (C=O) groups is 4. The Morgan fingerprint density at radius 3 is 2.25 bits per heavy atom. The fourth-order valence-corrected chi connectivity index (χ4v) is 9.42. The molecule has 322 valence electrons. The molecule has 0 aromatic heterocycles. The highest BCUT2D eigenvalue weighted by Gasteiger charge is 2.56. The van der Waals surface area contributed by atoms with Gasteiger partial charge in [-0.05, 0) is 95.5 Å². The summed E-state index contributed by atoms with van der Waals surface area (Å²) in [4.78, 5) is 57.8. The molecule has 13 nitrogen and oxygen atoms in total. The van der Waals surface area contributed by atoms with Crippen LogP contribution in [0.25, 0.3) is 0 Å². The molecule has 13 heteroatoms. The predicted molar refractivity (Wildman–Crippen MR) is 213 cm³/mol. The molecule has 0 spiro atoms. The molecule has 57 heavy (non-hydrogen) atoms. The molecule has 3 fully saturated rings. The average molecular weight is 804 g/mol. The molecule has 1 amide bonds. The maximum Gasteiger partial charge on any atom is 0.329 e. The number of ether oxygens (including phenoxy) is 5. The first-order chi connectivity index (χ1) is 27.0. The van der Waals surface area contributed by atoms with E-state index in [2.05, 4.69) is 6.58 Å². The van der Waals surface area contributed by atoms with Gasteiger partial charge in [-0.2, -0.15) is 0 Å². The van der Waals surface area contributed by atoms with Gasteiger partial charge in [0.25, 0.3) is 11.7 Å². The van der Waals surface area contributed by atoms with Gasteiger partial charge < -0.3 is 43.9 Å². The van der Waals surface area contributed by atoms with Crippen LogP contribution in [0.1, 0.15) is 105 Å². The Morgan fingerprint density at radius 1 is 0.930 bits per heavy atom. The third-order valence-corrected chi connectivity index (χ3v) is 12.9. The molecule has 3 aliphatic heterocycles. The van der Waals surface area contributed by atoms with Crippen LogP contribution in [0.3, 0.4) is 0 Å². The number of rotatable bonds is 7. The largest absolute Gasteiger partial charge is 0.456 e. The molecule has 14 atom stereocenters. The van der Waals surface area contributed by atoms with E-state index in [1.54, 1.807) is 27.0 Å². The first kappa shape index (κ1) is 46.9. The van der Waals surface area contributed by atoms with Crippen LogP contribution in [0.15, 0.2) is 36.0 Å². The third-order valence-electron chi connectivity index (χ3n) is 12.9. The van der Waals surface area contributed by atoms with Crippen LogP contribution in [-0.4, -0.2) is 126 Å². The maximum atomic E-state index is 14.3. The van der Waals surface area contributed by atoms with Crippen molar-refractivity contribution in [1.29, 1.82) is 0 Å². The first-order valence-corrected chi connectivity index (χ1v) is 20.9. The molecular formula is C44H69NO12. The molecule has 2 saturated heterocycles. The zero-order valence-electron chi connectivity index (χ0n) is 35.4. The molecule has 3 N–H and O–H groups in total. The van der Waals surface area contributed by atoms with Gasteiger partial charge in [-0.15, -0.1) is 6.58 Å². The van der Waals surface area contributed by atoms with Crippen molar-refractivity contribution in [2.75, 3.05) is 27.9 Å². The summed E-state index contributed by atoms with van der Waals surface area (Å²) in [6.07, 6.45) is 4.93. The fourth-order valence-electron chi connectivity index (χ4n) is 9.42. The summed E-state index contributed by atoms with van der Waals surface area (Å²) in [5.74, 6) is -7.76. The van der Waals surface area contributed by atoms with Crippen LogP contribution >= 0.6 is 0 Å². The average Bonchev–Trinajstić information content (AvgIpc) is 3.18. The lowest BCUT2D eigenvalue weighted by Crippen LogP contribution is -2.64. The third kappa shape index (κ3) is 11.3. The van der Waals surface area contributed by atoms with Crippen molar-refractivity contribution in [3.8, 4) is 0 Å². The van der Waals surface area contributed by atoms with E-state index in [0.29, 0.717) is 56.9 Å². The van der Waals surface area contributed by atoms with Crippen molar-refractivity contribution in [2.45, 2.75) is 160 Å². The number of amides is 1. The SMILES string of the molecule is C=CC[C@@H]1/C=C(\C)C[C@H](C)C[C@@H](OC)[C@@H]2O[C@@](O)(C(=O)C(=O)N3CCCC[C@H]3C(=O)O[C@@H](/C(C)=C/[C@@H]3CC[C@@H](O)[C@H](OC)C3)[C@H](C)[C@@H](O)CC1=O)[C@H](C)C[C@@H]2OC. The monoisotopic (exact) mass is 803 g/mol. The Hall–Kier alpha value is -2.78. The standard InChI is InChI=1S/C44H69NO12/c1-10-13-31-19-25(2)18-26(3)20-37(54-8)40-38(55-9)22-28(5)44(52,57-40)41(49)42(50)45-17-12-11-14-32(45)43(51)56-39(29(6)34(47)24-35(31)48)27(4)21-30-15-16-33(46)36(23-30)53-7/h10,19,21,26,28-34,36-40,46-47,52H,1,11-18,20,22-24H2,2-9H3/b25-19+,27-21+/t26-,28+,29+,30-,31+,32-,33+,34-,36+,37+,38-,39-,40-,44+/m0/s1. The van der Waals surface area contributed by atoms with E-state index in [0.717, 1.165) is 5.57 Å². The number of aliphatic hydroxyl groups is 3. The predicted octanol–water partition coefficient (Wildman–Crippen LogP) is 4.64. The van der Waals surface area contributed by atoms with E-state index in [1.165, 1.54) is 19.1 Å². The molecule has 0 aromatic carbocycles. The van der Waals surface area contributed by atoms with E-state index < -0.39 is 83.9 Å². The van der Waals surface area contributed by atoms with Gasteiger partial charge in [0.1, 0.15) is 24.0 Å². The molecular weight excluding hydrogens is 734 g/mol. The van der Waals surface area contributed by atoms with Crippen molar-refractivity contribution in [3.05, 3.63) is 36.0 Å². The number of cyclic esters (lactones) is 1. The van der Waals surface area contributed by atoms with Crippen molar-refractivity contribution < 1.29 is 58.2 Å². The number of nitrogens with zero attached hydrogens (tertiary/aromatic N) is 1. The molecule has 1 aliphatic carbocycles. The minimum Gasteiger partial charge on any atom is -0.456 e. The van der Waals surface area contributed by atoms with Gasteiger partial charge in [-0.3, -0.25) is 14.4 Å². The maximum absolute atomic E-state index is 14.3. The number of piperidine rings is 1. The zero-order valence-corrected chi connectivity index (χ0v) is 35.4.